The lowest BCUT2D eigenvalue weighted by Crippen LogP contribution is -2.52. The predicted octanol–water partition coefficient (Wildman–Crippen LogP) is 4.14. The van der Waals surface area contributed by atoms with Crippen LogP contribution in [0.25, 0.3) is 16.9 Å². The zero-order valence-corrected chi connectivity index (χ0v) is 19.3. The van der Waals surface area contributed by atoms with E-state index in [1.807, 2.05) is 60.4 Å². The van der Waals surface area contributed by atoms with Gasteiger partial charge in [0.15, 0.2) is 0 Å². The van der Waals surface area contributed by atoms with Crippen molar-refractivity contribution in [1.29, 1.82) is 0 Å². The van der Waals surface area contributed by atoms with Crippen molar-refractivity contribution in [2.45, 2.75) is 38.8 Å². The van der Waals surface area contributed by atoms with Gasteiger partial charge in [-0.15, -0.1) is 0 Å². The molecule has 0 radical (unpaired) electrons. The molecule has 172 valence electrons. The van der Waals surface area contributed by atoms with Crippen LogP contribution in [0.4, 0.5) is 5.82 Å². The quantitative estimate of drug-likeness (QED) is 0.489. The number of hydrogen-bond acceptors (Lipinski definition) is 6. The Kier molecular flexibility index (Phi) is 6.03. The van der Waals surface area contributed by atoms with Crippen molar-refractivity contribution in [3.8, 4) is 16.9 Å². The van der Waals surface area contributed by atoms with Crippen LogP contribution in [0.3, 0.4) is 0 Å². The van der Waals surface area contributed by atoms with Crippen LogP contribution in [0.1, 0.15) is 35.7 Å². The summed E-state index contributed by atoms with van der Waals surface area (Å²) in [5.41, 5.74) is 4.18. The van der Waals surface area contributed by atoms with Crippen molar-refractivity contribution in [3.05, 3.63) is 84.4 Å². The van der Waals surface area contributed by atoms with E-state index in [-0.39, 0.29) is 18.0 Å². The third kappa shape index (κ3) is 4.39. The average molecular weight is 454 g/mol. The van der Waals surface area contributed by atoms with Crippen molar-refractivity contribution in [2.75, 3.05) is 11.9 Å². The first kappa shape index (κ1) is 21.8. The molecule has 1 N–H and O–H groups in total. The SMILES string of the molecule is Cc1ccc(C(=O)N2CCC[C@@H](Nc3cncc(-c4ccccc4)n3)[C@@H]2C)c(-n2nccn2)c1. The van der Waals surface area contributed by atoms with Crippen LogP contribution >= 0.6 is 0 Å². The van der Waals surface area contributed by atoms with Crippen molar-refractivity contribution < 1.29 is 4.79 Å². The summed E-state index contributed by atoms with van der Waals surface area (Å²) in [6.45, 7) is 4.78. The highest BCUT2D eigenvalue weighted by molar-refractivity contribution is 5.98. The number of likely N-dealkylation sites (tertiary alicyclic amines) is 1. The first-order valence-electron chi connectivity index (χ1n) is 11.5. The van der Waals surface area contributed by atoms with Crippen LogP contribution in [-0.4, -0.2) is 54.4 Å². The van der Waals surface area contributed by atoms with Gasteiger partial charge >= 0.3 is 0 Å². The second kappa shape index (κ2) is 9.43. The number of piperidine rings is 1. The molecule has 34 heavy (non-hydrogen) atoms. The van der Waals surface area contributed by atoms with E-state index in [0.29, 0.717) is 23.6 Å². The number of aromatic nitrogens is 5. The first-order chi connectivity index (χ1) is 16.6. The molecule has 2 atom stereocenters. The lowest BCUT2D eigenvalue weighted by Gasteiger charge is -2.40. The van der Waals surface area contributed by atoms with Gasteiger partial charge in [0.1, 0.15) is 5.82 Å². The minimum absolute atomic E-state index is 0.0181. The molecule has 8 heteroatoms. The van der Waals surface area contributed by atoms with Gasteiger partial charge in [-0.25, -0.2) is 4.98 Å². The molecule has 1 amide bonds. The van der Waals surface area contributed by atoms with Crippen molar-refractivity contribution >= 4 is 11.7 Å². The van der Waals surface area contributed by atoms with Crippen LogP contribution in [0, 0.1) is 6.92 Å². The number of nitrogens with zero attached hydrogens (tertiary/aromatic N) is 6. The minimum Gasteiger partial charge on any atom is -0.364 e. The summed E-state index contributed by atoms with van der Waals surface area (Å²) in [5.74, 6) is 0.694. The van der Waals surface area contributed by atoms with Crippen LogP contribution in [-0.2, 0) is 0 Å². The Morgan fingerprint density at radius 2 is 1.85 bits per heavy atom. The molecule has 3 heterocycles. The molecular formula is C26H27N7O. The van der Waals surface area contributed by atoms with Crippen LogP contribution in [0.15, 0.2) is 73.3 Å². The lowest BCUT2D eigenvalue weighted by molar-refractivity contribution is 0.0616. The van der Waals surface area contributed by atoms with E-state index in [4.69, 9.17) is 4.98 Å². The predicted molar refractivity (Wildman–Crippen MR) is 131 cm³/mol. The number of nitrogens with one attached hydrogen (secondary N) is 1. The summed E-state index contributed by atoms with van der Waals surface area (Å²) in [5, 5.41) is 12.0. The third-order valence-corrected chi connectivity index (χ3v) is 6.30. The fourth-order valence-corrected chi connectivity index (χ4v) is 4.48. The summed E-state index contributed by atoms with van der Waals surface area (Å²) in [6, 6.07) is 15.8. The summed E-state index contributed by atoms with van der Waals surface area (Å²) in [7, 11) is 0. The Morgan fingerprint density at radius 3 is 2.65 bits per heavy atom. The van der Waals surface area contributed by atoms with E-state index >= 15 is 0 Å². The van der Waals surface area contributed by atoms with Crippen LogP contribution in [0.2, 0.25) is 0 Å². The van der Waals surface area contributed by atoms with Crippen molar-refractivity contribution in [3.63, 3.8) is 0 Å². The van der Waals surface area contributed by atoms with E-state index in [9.17, 15) is 4.79 Å². The Balaban J connectivity index is 1.37. The van der Waals surface area contributed by atoms with Gasteiger partial charge < -0.3 is 10.2 Å². The van der Waals surface area contributed by atoms with E-state index < -0.39 is 0 Å². The van der Waals surface area contributed by atoms with Crippen molar-refractivity contribution in [1.82, 2.24) is 29.9 Å². The van der Waals surface area contributed by atoms with E-state index in [1.165, 1.54) is 4.80 Å². The highest BCUT2D eigenvalue weighted by Crippen LogP contribution is 2.26. The number of anilines is 1. The van der Waals surface area contributed by atoms with Gasteiger partial charge in [-0.05, 0) is 44.4 Å². The number of benzene rings is 2. The highest BCUT2D eigenvalue weighted by atomic mass is 16.2. The first-order valence-corrected chi connectivity index (χ1v) is 11.5. The monoisotopic (exact) mass is 453 g/mol. The van der Waals surface area contributed by atoms with E-state index in [0.717, 1.165) is 29.7 Å². The smallest absolute Gasteiger partial charge is 0.256 e. The number of carbonyl (C=O) groups excluding carboxylic acids is 1. The molecule has 1 aliphatic rings. The number of aryl methyl sites for hydroxylation is 1. The second-order valence-electron chi connectivity index (χ2n) is 8.63. The molecule has 2 aromatic heterocycles. The number of carbonyl (C=O) groups is 1. The summed E-state index contributed by atoms with van der Waals surface area (Å²) in [6.07, 6.45) is 8.59. The molecule has 8 nitrogen and oxygen atoms in total. The van der Waals surface area contributed by atoms with E-state index in [1.54, 1.807) is 24.8 Å². The molecule has 1 fully saturated rings. The van der Waals surface area contributed by atoms with Crippen LogP contribution in [0.5, 0.6) is 0 Å². The van der Waals surface area contributed by atoms with Gasteiger partial charge in [0.25, 0.3) is 5.91 Å². The zero-order valence-electron chi connectivity index (χ0n) is 19.3. The van der Waals surface area contributed by atoms with Crippen molar-refractivity contribution in [2.24, 2.45) is 0 Å². The standard InChI is InChI=1S/C26H27N7O/c1-18-10-11-21(24(15-18)33-28-12-13-29-33)26(34)32-14-6-9-22(19(32)2)30-25-17-27-16-23(31-25)20-7-4-3-5-8-20/h3-5,7-8,10-13,15-17,19,22H,6,9,14H2,1-2H3,(H,30,31)/t19-,22+/m0/s1. The molecule has 5 rings (SSSR count). The maximum atomic E-state index is 13.7. The molecule has 1 saturated heterocycles. The maximum absolute atomic E-state index is 13.7. The summed E-state index contributed by atoms with van der Waals surface area (Å²) >= 11 is 0. The van der Waals surface area contributed by atoms with E-state index in [2.05, 4.69) is 27.4 Å². The molecule has 0 bridgehead atoms. The molecule has 0 spiro atoms. The summed E-state index contributed by atoms with van der Waals surface area (Å²) < 4.78 is 0. The molecule has 0 aliphatic carbocycles. The Morgan fingerprint density at radius 1 is 1.06 bits per heavy atom. The molecule has 1 aliphatic heterocycles. The Hall–Kier alpha value is -4.07. The topological polar surface area (TPSA) is 88.8 Å². The fraction of sp³-hybridized carbons (Fsp3) is 0.269. The fourth-order valence-electron chi connectivity index (χ4n) is 4.48. The van der Waals surface area contributed by atoms with Crippen LogP contribution < -0.4 is 5.32 Å². The van der Waals surface area contributed by atoms with Gasteiger partial charge in [-0.1, -0.05) is 36.4 Å². The summed E-state index contributed by atoms with van der Waals surface area (Å²) in [4.78, 5) is 26.3. The maximum Gasteiger partial charge on any atom is 0.256 e. The Bertz CT molecular complexity index is 1270. The molecule has 4 aromatic rings. The molecule has 0 saturated carbocycles. The second-order valence-corrected chi connectivity index (χ2v) is 8.63. The normalized spacial score (nSPS) is 18.0. The average Bonchev–Trinajstić information content (AvgIpc) is 3.41. The third-order valence-electron chi connectivity index (χ3n) is 6.30. The van der Waals surface area contributed by atoms with Gasteiger partial charge in [-0.3, -0.25) is 9.78 Å². The lowest BCUT2D eigenvalue weighted by atomic mass is 9.96. The van der Waals surface area contributed by atoms with Gasteiger partial charge in [0, 0.05) is 24.2 Å². The highest BCUT2D eigenvalue weighted by Gasteiger charge is 2.33. The number of amides is 1. The van der Waals surface area contributed by atoms with Gasteiger partial charge in [0.05, 0.1) is 41.7 Å². The number of rotatable bonds is 5. The minimum atomic E-state index is -0.0248. The molecule has 0 unspecified atom stereocenters. The Labute approximate surface area is 198 Å². The van der Waals surface area contributed by atoms with Gasteiger partial charge in [0.2, 0.25) is 0 Å². The van der Waals surface area contributed by atoms with Gasteiger partial charge in [-0.2, -0.15) is 15.0 Å². The number of hydrogen-bond donors (Lipinski definition) is 1. The largest absolute Gasteiger partial charge is 0.364 e. The molecular weight excluding hydrogens is 426 g/mol. The zero-order chi connectivity index (χ0) is 23.5. The molecule has 2 aromatic carbocycles.